The predicted molar refractivity (Wildman–Crippen MR) is 91.2 cm³/mol. The summed E-state index contributed by atoms with van der Waals surface area (Å²) in [6.45, 7) is 0. The lowest BCUT2D eigenvalue weighted by Crippen LogP contribution is -2.13. The van der Waals surface area contributed by atoms with Gasteiger partial charge in [0.1, 0.15) is 5.75 Å². The second kappa shape index (κ2) is 6.29. The highest BCUT2D eigenvalue weighted by Crippen LogP contribution is 2.44. The third-order valence-corrected chi connectivity index (χ3v) is 4.54. The molecule has 1 saturated carbocycles. The Morgan fingerprint density at radius 2 is 1.90 bits per heavy atom. The van der Waals surface area contributed by atoms with Crippen molar-refractivity contribution >= 4 is 33.2 Å². The van der Waals surface area contributed by atoms with Crippen molar-refractivity contribution in [3.8, 4) is 5.75 Å². The van der Waals surface area contributed by atoms with E-state index < -0.39 is 0 Å². The first-order valence-electron chi connectivity index (χ1n) is 7.03. The summed E-state index contributed by atoms with van der Waals surface area (Å²) in [5.74, 6) is 1.53. The van der Waals surface area contributed by atoms with Gasteiger partial charge < -0.3 is 10.1 Å². The Morgan fingerprint density at radius 1 is 1.19 bits per heavy atom. The standard InChI is InChI=1S/C17H17BrClNO/c1-21-16-9-6-13(18)10-15(16)20-17(11-2-3-11)12-4-7-14(19)8-5-12/h4-11,17,20H,2-3H2,1H3. The summed E-state index contributed by atoms with van der Waals surface area (Å²) in [5, 5.41) is 4.41. The molecule has 1 N–H and O–H groups in total. The lowest BCUT2D eigenvalue weighted by Gasteiger charge is -2.22. The zero-order valence-corrected chi connectivity index (χ0v) is 14.1. The van der Waals surface area contributed by atoms with Crippen LogP contribution in [0.4, 0.5) is 5.69 Å². The number of halogens is 2. The van der Waals surface area contributed by atoms with Crippen LogP contribution in [0.1, 0.15) is 24.4 Å². The van der Waals surface area contributed by atoms with Crippen LogP contribution in [0, 0.1) is 5.92 Å². The molecule has 110 valence electrons. The van der Waals surface area contributed by atoms with E-state index in [1.807, 2.05) is 24.3 Å². The number of benzene rings is 2. The fourth-order valence-corrected chi connectivity index (χ4v) is 3.02. The lowest BCUT2D eigenvalue weighted by atomic mass is 10.0. The van der Waals surface area contributed by atoms with Gasteiger partial charge in [0.05, 0.1) is 18.8 Å². The van der Waals surface area contributed by atoms with E-state index in [-0.39, 0.29) is 0 Å². The SMILES string of the molecule is COc1ccc(Br)cc1NC(c1ccc(Cl)cc1)C1CC1. The van der Waals surface area contributed by atoms with Crippen LogP contribution in [0.25, 0.3) is 0 Å². The van der Waals surface area contributed by atoms with E-state index in [4.69, 9.17) is 16.3 Å². The van der Waals surface area contributed by atoms with Gasteiger partial charge in [0.2, 0.25) is 0 Å². The van der Waals surface area contributed by atoms with Crippen LogP contribution in [0.15, 0.2) is 46.9 Å². The average Bonchev–Trinajstić information content (AvgIpc) is 3.31. The van der Waals surface area contributed by atoms with Gasteiger partial charge in [0, 0.05) is 9.50 Å². The Hall–Kier alpha value is -1.19. The number of hydrogen-bond donors (Lipinski definition) is 1. The highest BCUT2D eigenvalue weighted by molar-refractivity contribution is 9.10. The average molecular weight is 367 g/mol. The van der Waals surface area contributed by atoms with Crippen LogP contribution >= 0.6 is 27.5 Å². The summed E-state index contributed by atoms with van der Waals surface area (Å²) in [4.78, 5) is 0. The Morgan fingerprint density at radius 3 is 2.52 bits per heavy atom. The smallest absolute Gasteiger partial charge is 0.142 e. The first-order valence-corrected chi connectivity index (χ1v) is 8.20. The number of ether oxygens (including phenoxy) is 1. The fraction of sp³-hybridized carbons (Fsp3) is 0.294. The van der Waals surface area contributed by atoms with Gasteiger partial charge in [-0.2, -0.15) is 0 Å². The molecule has 1 fully saturated rings. The summed E-state index contributed by atoms with van der Waals surface area (Å²) in [7, 11) is 1.70. The maximum atomic E-state index is 5.99. The molecule has 3 rings (SSSR count). The number of anilines is 1. The van der Waals surface area contributed by atoms with Gasteiger partial charge >= 0.3 is 0 Å². The van der Waals surface area contributed by atoms with E-state index in [2.05, 4.69) is 39.4 Å². The summed E-state index contributed by atoms with van der Waals surface area (Å²) < 4.78 is 6.49. The zero-order valence-electron chi connectivity index (χ0n) is 11.8. The molecule has 0 amide bonds. The van der Waals surface area contributed by atoms with Crippen LogP contribution in [0.5, 0.6) is 5.75 Å². The van der Waals surface area contributed by atoms with Crippen molar-refractivity contribution in [1.29, 1.82) is 0 Å². The molecule has 0 heterocycles. The Balaban J connectivity index is 1.89. The monoisotopic (exact) mass is 365 g/mol. The van der Waals surface area contributed by atoms with Crippen LogP contribution < -0.4 is 10.1 Å². The summed E-state index contributed by atoms with van der Waals surface area (Å²) in [6.07, 6.45) is 2.52. The molecule has 0 aromatic heterocycles. The van der Waals surface area contributed by atoms with Gasteiger partial charge in [-0.25, -0.2) is 0 Å². The van der Waals surface area contributed by atoms with Crippen molar-refractivity contribution in [2.75, 3.05) is 12.4 Å². The highest BCUT2D eigenvalue weighted by atomic mass is 79.9. The summed E-state index contributed by atoms with van der Waals surface area (Å²) >= 11 is 9.51. The number of nitrogens with one attached hydrogen (secondary N) is 1. The second-order valence-corrected chi connectivity index (χ2v) is 6.71. The van der Waals surface area contributed by atoms with Crippen molar-refractivity contribution in [2.45, 2.75) is 18.9 Å². The van der Waals surface area contributed by atoms with Crippen molar-refractivity contribution in [1.82, 2.24) is 0 Å². The predicted octanol–water partition coefficient (Wildman–Crippen LogP) is 5.67. The van der Waals surface area contributed by atoms with Crippen LogP contribution in [-0.2, 0) is 0 Å². The number of rotatable bonds is 5. The quantitative estimate of drug-likeness (QED) is 0.735. The summed E-state index contributed by atoms with van der Waals surface area (Å²) in [5.41, 5.74) is 2.28. The van der Waals surface area contributed by atoms with E-state index in [1.165, 1.54) is 18.4 Å². The van der Waals surface area contributed by atoms with Crippen molar-refractivity contribution in [3.63, 3.8) is 0 Å². The number of hydrogen-bond acceptors (Lipinski definition) is 2. The minimum absolute atomic E-state index is 0.297. The van der Waals surface area contributed by atoms with Gasteiger partial charge in [-0.05, 0) is 54.7 Å². The summed E-state index contributed by atoms with van der Waals surface area (Å²) in [6, 6.07) is 14.4. The number of methoxy groups -OCH3 is 1. The van der Waals surface area contributed by atoms with E-state index in [9.17, 15) is 0 Å². The molecular weight excluding hydrogens is 350 g/mol. The molecule has 1 aliphatic rings. The molecule has 21 heavy (non-hydrogen) atoms. The van der Waals surface area contributed by atoms with Gasteiger partial charge in [0.25, 0.3) is 0 Å². The second-order valence-electron chi connectivity index (χ2n) is 5.36. The zero-order chi connectivity index (χ0) is 14.8. The molecule has 2 aromatic carbocycles. The molecule has 1 aliphatic carbocycles. The third-order valence-electron chi connectivity index (χ3n) is 3.80. The molecule has 0 spiro atoms. The topological polar surface area (TPSA) is 21.3 Å². The molecule has 0 saturated heterocycles. The van der Waals surface area contributed by atoms with E-state index in [0.29, 0.717) is 12.0 Å². The van der Waals surface area contributed by atoms with Gasteiger partial charge in [-0.1, -0.05) is 39.7 Å². The van der Waals surface area contributed by atoms with Gasteiger partial charge in [-0.15, -0.1) is 0 Å². The van der Waals surface area contributed by atoms with Crippen LogP contribution in [-0.4, -0.2) is 7.11 Å². The molecule has 2 nitrogen and oxygen atoms in total. The van der Waals surface area contributed by atoms with E-state index in [1.54, 1.807) is 7.11 Å². The van der Waals surface area contributed by atoms with Gasteiger partial charge in [0.15, 0.2) is 0 Å². The first kappa shape index (κ1) is 14.7. The van der Waals surface area contributed by atoms with Crippen molar-refractivity contribution < 1.29 is 4.74 Å². The largest absolute Gasteiger partial charge is 0.495 e. The van der Waals surface area contributed by atoms with E-state index >= 15 is 0 Å². The molecule has 1 unspecified atom stereocenters. The van der Waals surface area contributed by atoms with Crippen LogP contribution in [0.2, 0.25) is 5.02 Å². The van der Waals surface area contributed by atoms with Crippen molar-refractivity contribution in [2.24, 2.45) is 5.92 Å². The Bertz CT molecular complexity index is 625. The molecule has 2 aromatic rings. The fourth-order valence-electron chi connectivity index (χ4n) is 2.53. The molecule has 0 bridgehead atoms. The normalized spacial score (nSPS) is 15.6. The maximum Gasteiger partial charge on any atom is 0.142 e. The lowest BCUT2D eigenvalue weighted by molar-refractivity contribution is 0.415. The van der Waals surface area contributed by atoms with Gasteiger partial charge in [-0.3, -0.25) is 0 Å². The Labute approximate surface area is 138 Å². The molecule has 4 heteroatoms. The first-order chi connectivity index (χ1) is 10.2. The third kappa shape index (κ3) is 3.53. The molecule has 0 radical (unpaired) electrons. The minimum atomic E-state index is 0.297. The molecule has 1 atom stereocenters. The minimum Gasteiger partial charge on any atom is -0.495 e. The van der Waals surface area contributed by atoms with E-state index in [0.717, 1.165) is 20.9 Å². The van der Waals surface area contributed by atoms with Crippen molar-refractivity contribution in [3.05, 3.63) is 57.5 Å². The molecular formula is C17H17BrClNO. The maximum absolute atomic E-state index is 5.99. The Kier molecular flexibility index (Phi) is 4.41. The molecule has 0 aliphatic heterocycles. The van der Waals surface area contributed by atoms with Crippen LogP contribution in [0.3, 0.4) is 0 Å². The highest BCUT2D eigenvalue weighted by Gasteiger charge is 2.32.